The van der Waals surface area contributed by atoms with E-state index >= 15 is 0 Å². The first-order valence-electron chi connectivity index (χ1n) is 15.7. The zero-order valence-corrected chi connectivity index (χ0v) is 29.4. The molecule has 4 aromatic carbocycles. The minimum absolute atomic E-state index is 0.000777. The number of halogens is 1. The van der Waals surface area contributed by atoms with Gasteiger partial charge in [0.05, 0.1) is 33.4 Å². The van der Waals surface area contributed by atoms with Crippen molar-refractivity contribution < 1.29 is 19.2 Å². The third-order valence-electron chi connectivity index (χ3n) is 8.09. The number of nitro groups is 1. The molecule has 0 aliphatic carbocycles. The fraction of sp³-hybridized carbons (Fsp3) is 0.184. The van der Waals surface area contributed by atoms with Crippen molar-refractivity contribution in [1.29, 1.82) is 0 Å². The van der Waals surface area contributed by atoms with Gasteiger partial charge in [0, 0.05) is 27.7 Å². The van der Waals surface area contributed by atoms with Crippen molar-refractivity contribution in [1.82, 2.24) is 4.57 Å². The molecule has 248 valence electrons. The van der Waals surface area contributed by atoms with Crippen molar-refractivity contribution in [2.24, 2.45) is 4.99 Å². The number of ether oxygens (including phenoxy) is 2. The average molecular weight is 739 g/mol. The number of nitro benzene ring substituents is 1. The van der Waals surface area contributed by atoms with Gasteiger partial charge in [0.25, 0.3) is 11.2 Å². The maximum Gasteiger partial charge on any atom is 0.338 e. The second kappa shape index (κ2) is 14.6. The number of hydrogen-bond acceptors (Lipinski definition) is 8. The van der Waals surface area contributed by atoms with Crippen LogP contribution in [0.5, 0.6) is 5.75 Å². The van der Waals surface area contributed by atoms with Gasteiger partial charge in [-0.05, 0) is 65.9 Å². The molecule has 11 heteroatoms. The molecular weight excluding hydrogens is 706 g/mol. The number of benzene rings is 4. The van der Waals surface area contributed by atoms with Crippen LogP contribution in [0.3, 0.4) is 0 Å². The molecule has 1 aliphatic heterocycles. The van der Waals surface area contributed by atoms with E-state index in [-0.39, 0.29) is 24.5 Å². The lowest BCUT2D eigenvalue weighted by Crippen LogP contribution is -2.40. The molecule has 5 aromatic rings. The number of nitrogens with zero attached hydrogens (tertiary/aromatic N) is 3. The van der Waals surface area contributed by atoms with E-state index in [1.807, 2.05) is 66.7 Å². The van der Waals surface area contributed by atoms with E-state index in [0.717, 1.165) is 26.7 Å². The van der Waals surface area contributed by atoms with E-state index in [2.05, 4.69) is 29.8 Å². The molecule has 0 amide bonds. The highest BCUT2D eigenvalue weighted by atomic mass is 79.9. The zero-order chi connectivity index (χ0) is 34.7. The molecule has 1 atom stereocenters. The van der Waals surface area contributed by atoms with E-state index in [1.54, 1.807) is 35.8 Å². The molecule has 49 heavy (non-hydrogen) atoms. The topological polar surface area (TPSA) is 113 Å². The Labute approximate surface area is 294 Å². The van der Waals surface area contributed by atoms with Crippen molar-refractivity contribution in [2.45, 2.75) is 39.3 Å². The second-order valence-corrected chi connectivity index (χ2v) is 13.6. The predicted octanol–water partition coefficient (Wildman–Crippen LogP) is 7.31. The maximum absolute atomic E-state index is 14.4. The molecule has 0 radical (unpaired) electrons. The van der Waals surface area contributed by atoms with Crippen LogP contribution < -0.4 is 19.6 Å². The minimum atomic E-state index is -0.783. The smallest absolute Gasteiger partial charge is 0.338 e. The predicted molar refractivity (Wildman–Crippen MR) is 193 cm³/mol. The van der Waals surface area contributed by atoms with Gasteiger partial charge in [0.2, 0.25) is 0 Å². The summed E-state index contributed by atoms with van der Waals surface area (Å²) in [7, 11) is 0. The lowest BCUT2D eigenvalue weighted by molar-refractivity contribution is -0.384. The van der Waals surface area contributed by atoms with Gasteiger partial charge in [0.1, 0.15) is 12.4 Å². The van der Waals surface area contributed by atoms with Gasteiger partial charge in [-0.1, -0.05) is 95.7 Å². The lowest BCUT2D eigenvalue weighted by Gasteiger charge is -2.26. The van der Waals surface area contributed by atoms with Crippen molar-refractivity contribution in [3.8, 4) is 5.75 Å². The number of carbonyl (C=O) groups is 1. The summed E-state index contributed by atoms with van der Waals surface area (Å²) < 4.78 is 14.5. The summed E-state index contributed by atoms with van der Waals surface area (Å²) in [6, 6.07) is 28.3. The highest BCUT2D eigenvalue weighted by molar-refractivity contribution is 9.10. The molecular formula is C38H32BrN3O6S. The van der Waals surface area contributed by atoms with Crippen molar-refractivity contribution >= 4 is 50.7 Å². The third-order valence-corrected chi connectivity index (χ3v) is 9.57. The van der Waals surface area contributed by atoms with Gasteiger partial charge in [-0.3, -0.25) is 19.5 Å². The largest absolute Gasteiger partial charge is 0.488 e. The number of fused-ring (bicyclic) bond motifs is 1. The molecule has 0 spiro atoms. The Bertz CT molecular complexity index is 2240. The van der Waals surface area contributed by atoms with Gasteiger partial charge in [-0.2, -0.15) is 0 Å². The first-order chi connectivity index (χ1) is 23.6. The number of hydrogen-bond donors (Lipinski definition) is 0. The Hall–Kier alpha value is -5.13. The summed E-state index contributed by atoms with van der Waals surface area (Å²) in [5.74, 6) is 0.287. The highest BCUT2D eigenvalue weighted by Crippen LogP contribution is 2.36. The molecule has 0 saturated heterocycles. The third kappa shape index (κ3) is 7.18. The van der Waals surface area contributed by atoms with E-state index in [9.17, 15) is 19.7 Å². The monoisotopic (exact) mass is 737 g/mol. The summed E-state index contributed by atoms with van der Waals surface area (Å²) in [6.45, 7) is 6.31. The molecule has 1 aliphatic rings. The zero-order valence-electron chi connectivity index (χ0n) is 27.0. The van der Waals surface area contributed by atoms with Gasteiger partial charge < -0.3 is 9.47 Å². The van der Waals surface area contributed by atoms with Crippen LogP contribution >= 0.6 is 27.3 Å². The van der Waals surface area contributed by atoms with Crippen LogP contribution in [-0.4, -0.2) is 22.1 Å². The molecule has 0 unspecified atom stereocenters. The summed E-state index contributed by atoms with van der Waals surface area (Å²) in [5, 5.41) is 11.1. The van der Waals surface area contributed by atoms with E-state index in [4.69, 9.17) is 14.5 Å². The summed E-state index contributed by atoms with van der Waals surface area (Å²) in [5.41, 5.74) is 4.47. The Kier molecular flexibility index (Phi) is 10.0. The highest BCUT2D eigenvalue weighted by Gasteiger charge is 2.35. The molecule has 0 N–H and O–H groups in total. The van der Waals surface area contributed by atoms with Crippen LogP contribution in [-0.2, 0) is 16.1 Å². The normalized spacial score (nSPS) is 14.4. The standard InChI is InChI=1S/C38H32BrN3O6S/c1-4-47-37(44)33-34(26-8-6-5-7-9-26)40-38-41(35(33)27-14-12-25(13-15-27)23(2)3)36(43)32(49-38)21-28-20-29(39)16-19-31(28)48-22-24-10-17-30(18-11-24)42(45)46/h5-21,23,35H,4,22H2,1-3H3/b32-21-/t35-/m1/s1. The summed E-state index contributed by atoms with van der Waals surface area (Å²) in [4.78, 5) is 44.2. The summed E-state index contributed by atoms with van der Waals surface area (Å²) in [6.07, 6.45) is 1.76. The maximum atomic E-state index is 14.4. The summed E-state index contributed by atoms with van der Waals surface area (Å²) >= 11 is 4.76. The van der Waals surface area contributed by atoms with Gasteiger partial charge in [-0.15, -0.1) is 0 Å². The molecule has 0 bridgehead atoms. The average Bonchev–Trinajstić information content (AvgIpc) is 3.41. The van der Waals surface area contributed by atoms with Crippen molar-refractivity contribution in [3.05, 3.63) is 165 Å². The van der Waals surface area contributed by atoms with Crippen molar-refractivity contribution in [3.63, 3.8) is 0 Å². The first-order valence-corrected chi connectivity index (χ1v) is 17.3. The number of aromatic nitrogens is 1. The van der Waals surface area contributed by atoms with Crippen LogP contribution in [0.2, 0.25) is 0 Å². The van der Waals surface area contributed by atoms with Crippen LogP contribution in [0.4, 0.5) is 5.69 Å². The molecule has 1 aromatic heterocycles. The fourth-order valence-corrected chi connectivity index (χ4v) is 6.97. The minimum Gasteiger partial charge on any atom is -0.488 e. The molecule has 0 fully saturated rings. The molecule has 6 rings (SSSR count). The van der Waals surface area contributed by atoms with E-state index in [1.165, 1.54) is 23.5 Å². The number of carbonyl (C=O) groups excluding carboxylic acids is 1. The molecule has 2 heterocycles. The number of thiazole rings is 1. The Morgan fingerprint density at radius 3 is 2.41 bits per heavy atom. The number of non-ortho nitro benzene ring substituents is 1. The number of esters is 1. The van der Waals surface area contributed by atoms with Crippen LogP contribution in [0.15, 0.2) is 117 Å². The quantitative estimate of drug-likeness (QED) is 0.0844. The van der Waals surface area contributed by atoms with Crippen molar-refractivity contribution in [2.75, 3.05) is 6.61 Å². The lowest BCUT2D eigenvalue weighted by atomic mass is 9.91. The van der Waals surface area contributed by atoms with E-state index < -0.39 is 16.9 Å². The number of rotatable bonds is 10. The van der Waals surface area contributed by atoms with Crippen LogP contribution in [0.1, 0.15) is 60.5 Å². The van der Waals surface area contributed by atoms with Gasteiger partial charge in [0.15, 0.2) is 4.80 Å². The fourth-order valence-electron chi connectivity index (χ4n) is 5.60. The van der Waals surface area contributed by atoms with Crippen LogP contribution in [0.25, 0.3) is 11.8 Å². The SMILES string of the molecule is CCOC(=O)C1=C(c2ccccc2)N=c2s/c(=C\c3cc(Br)ccc3OCc3ccc([N+](=O)[O-])cc3)c(=O)n2[C@@H]1c1ccc(C(C)C)cc1. The second-order valence-electron chi connectivity index (χ2n) is 11.6. The van der Waals surface area contributed by atoms with Crippen LogP contribution in [0, 0.1) is 10.1 Å². The Morgan fingerprint density at radius 1 is 1.04 bits per heavy atom. The Morgan fingerprint density at radius 2 is 1.76 bits per heavy atom. The van der Waals surface area contributed by atoms with Gasteiger partial charge >= 0.3 is 5.97 Å². The Balaban J connectivity index is 1.50. The molecule has 0 saturated carbocycles. The van der Waals surface area contributed by atoms with Gasteiger partial charge in [-0.25, -0.2) is 9.79 Å². The van der Waals surface area contributed by atoms with E-state index in [0.29, 0.717) is 37.8 Å². The first kappa shape index (κ1) is 33.8. The molecule has 9 nitrogen and oxygen atoms in total.